The summed E-state index contributed by atoms with van der Waals surface area (Å²) < 4.78 is 0. The number of fused-ring (bicyclic) bond motifs is 3. The quantitative estimate of drug-likeness (QED) is 0.766. The summed E-state index contributed by atoms with van der Waals surface area (Å²) in [6, 6.07) is 16.7. The fourth-order valence-electron chi connectivity index (χ4n) is 3.41. The number of aryl methyl sites for hydroxylation is 2. The van der Waals surface area contributed by atoms with Crippen LogP contribution in [0.3, 0.4) is 0 Å². The number of aliphatic hydroxyl groups excluding tert-OH is 1. The van der Waals surface area contributed by atoms with E-state index in [-0.39, 0.29) is 6.61 Å². The molecule has 2 N–H and O–H groups in total. The van der Waals surface area contributed by atoms with Crippen LogP contribution in [0.4, 0.5) is 5.82 Å². The maximum Gasteiger partial charge on any atom is 0.162 e. The van der Waals surface area contributed by atoms with Crippen LogP contribution >= 0.6 is 0 Å². The lowest BCUT2D eigenvalue weighted by atomic mass is 9.89. The Balaban J connectivity index is 1.90. The molecule has 0 bridgehead atoms. The van der Waals surface area contributed by atoms with E-state index in [1.807, 2.05) is 12.1 Å². The molecule has 4 rings (SSSR count). The molecule has 126 valence electrons. The van der Waals surface area contributed by atoms with Crippen LogP contribution in [-0.2, 0) is 12.8 Å². The van der Waals surface area contributed by atoms with Crippen LogP contribution in [0.25, 0.3) is 22.6 Å². The zero-order valence-electron chi connectivity index (χ0n) is 14.3. The van der Waals surface area contributed by atoms with Gasteiger partial charge in [-0.3, -0.25) is 0 Å². The summed E-state index contributed by atoms with van der Waals surface area (Å²) in [6.07, 6.45) is 1.90. The first-order valence-corrected chi connectivity index (χ1v) is 8.67. The molecule has 25 heavy (non-hydrogen) atoms. The third-order valence-corrected chi connectivity index (χ3v) is 4.60. The maximum atomic E-state index is 9.21. The summed E-state index contributed by atoms with van der Waals surface area (Å²) in [6.45, 7) is 2.63. The molecule has 1 aromatic heterocycles. The highest BCUT2D eigenvalue weighted by Crippen LogP contribution is 2.36. The zero-order valence-corrected chi connectivity index (χ0v) is 14.3. The standard InChI is InChI=1S/C21H21N3O/c1-14-5-4-7-16(13-14)20-23-19-17-8-3-2-6-15(17)9-10-18(19)21(24-20)22-11-12-25/h2-8,13,25H,9-12H2,1H3,(H,22,23,24). The normalized spacial score (nSPS) is 12.4. The van der Waals surface area contributed by atoms with Gasteiger partial charge >= 0.3 is 0 Å². The van der Waals surface area contributed by atoms with Crippen molar-refractivity contribution in [2.45, 2.75) is 19.8 Å². The highest BCUT2D eigenvalue weighted by Gasteiger charge is 2.22. The van der Waals surface area contributed by atoms with E-state index in [0.29, 0.717) is 6.54 Å². The number of benzene rings is 2. The maximum absolute atomic E-state index is 9.21. The number of nitrogens with zero attached hydrogens (tertiary/aromatic N) is 2. The Morgan fingerprint density at radius 1 is 1.04 bits per heavy atom. The Bertz CT molecular complexity index is 921. The molecule has 0 radical (unpaired) electrons. The van der Waals surface area contributed by atoms with Crippen molar-refractivity contribution in [2.24, 2.45) is 0 Å². The van der Waals surface area contributed by atoms with Crippen molar-refractivity contribution in [1.82, 2.24) is 9.97 Å². The summed E-state index contributed by atoms with van der Waals surface area (Å²) in [5.41, 5.74) is 6.86. The van der Waals surface area contributed by atoms with Crippen molar-refractivity contribution in [3.8, 4) is 22.6 Å². The first kappa shape index (κ1) is 15.8. The van der Waals surface area contributed by atoms with Gasteiger partial charge in [0, 0.05) is 23.2 Å². The first-order valence-electron chi connectivity index (χ1n) is 8.67. The highest BCUT2D eigenvalue weighted by molar-refractivity contribution is 5.76. The van der Waals surface area contributed by atoms with E-state index in [9.17, 15) is 5.11 Å². The van der Waals surface area contributed by atoms with Crippen molar-refractivity contribution < 1.29 is 5.11 Å². The van der Waals surface area contributed by atoms with Crippen LogP contribution in [-0.4, -0.2) is 28.2 Å². The molecule has 0 spiro atoms. The van der Waals surface area contributed by atoms with E-state index in [0.717, 1.165) is 41.3 Å². The second kappa shape index (κ2) is 6.65. The predicted molar refractivity (Wildman–Crippen MR) is 101 cm³/mol. The molecule has 0 aliphatic heterocycles. The molecule has 4 nitrogen and oxygen atoms in total. The Morgan fingerprint density at radius 2 is 1.92 bits per heavy atom. The van der Waals surface area contributed by atoms with Crippen LogP contribution in [0, 0.1) is 6.92 Å². The van der Waals surface area contributed by atoms with Crippen LogP contribution in [0.2, 0.25) is 0 Å². The van der Waals surface area contributed by atoms with Crippen molar-refractivity contribution in [3.05, 3.63) is 65.2 Å². The molecule has 2 aromatic carbocycles. The van der Waals surface area contributed by atoms with Crippen molar-refractivity contribution in [2.75, 3.05) is 18.5 Å². The Hall–Kier alpha value is -2.72. The zero-order chi connectivity index (χ0) is 17.2. The molecular formula is C21H21N3O. The molecule has 1 aliphatic carbocycles. The summed E-state index contributed by atoms with van der Waals surface area (Å²) in [5.74, 6) is 1.56. The van der Waals surface area contributed by atoms with E-state index in [1.165, 1.54) is 16.7 Å². The lowest BCUT2D eigenvalue weighted by Crippen LogP contribution is -2.15. The minimum absolute atomic E-state index is 0.0785. The van der Waals surface area contributed by atoms with Crippen molar-refractivity contribution in [1.29, 1.82) is 0 Å². The minimum Gasteiger partial charge on any atom is -0.395 e. The van der Waals surface area contributed by atoms with Gasteiger partial charge in [0.2, 0.25) is 0 Å². The van der Waals surface area contributed by atoms with E-state index < -0.39 is 0 Å². The highest BCUT2D eigenvalue weighted by atomic mass is 16.3. The molecule has 3 aromatic rings. The second-order valence-corrected chi connectivity index (χ2v) is 6.40. The predicted octanol–water partition coefficient (Wildman–Crippen LogP) is 3.62. The van der Waals surface area contributed by atoms with Gasteiger partial charge in [-0.05, 0) is 31.4 Å². The Kier molecular flexibility index (Phi) is 4.20. The van der Waals surface area contributed by atoms with Crippen LogP contribution < -0.4 is 5.32 Å². The number of anilines is 1. The first-order chi connectivity index (χ1) is 12.3. The van der Waals surface area contributed by atoms with Gasteiger partial charge in [-0.1, -0.05) is 48.0 Å². The molecule has 1 heterocycles. The largest absolute Gasteiger partial charge is 0.395 e. The summed E-state index contributed by atoms with van der Waals surface area (Å²) in [5, 5.41) is 12.5. The fraction of sp³-hybridized carbons (Fsp3) is 0.238. The number of hydrogen-bond acceptors (Lipinski definition) is 4. The Labute approximate surface area is 147 Å². The number of aromatic nitrogens is 2. The SMILES string of the molecule is Cc1cccc(-c2nc(NCCO)c3c(n2)-c2ccccc2CC3)c1. The molecule has 0 fully saturated rings. The van der Waals surface area contributed by atoms with Crippen LogP contribution in [0.1, 0.15) is 16.7 Å². The molecule has 0 saturated carbocycles. The van der Waals surface area contributed by atoms with Gasteiger partial charge in [-0.15, -0.1) is 0 Å². The van der Waals surface area contributed by atoms with Crippen molar-refractivity contribution >= 4 is 5.82 Å². The fourth-order valence-corrected chi connectivity index (χ4v) is 3.41. The van der Waals surface area contributed by atoms with Gasteiger partial charge < -0.3 is 10.4 Å². The van der Waals surface area contributed by atoms with Gasteiger partial charge in [0.15, 0.2) is 5.82 Å². The van der Waals surface area contributed by atoms with Gasteiger partial charge in [-0.2, -0.15) is 0 Å². The number of rotatable bonds is 4. The van der Waals surface area contributed by atoms with Crippen LogP contribution in [0.15, 0.2) is 48.5 Å². The Morgan fingerprint density at radius 3 is 2.76 bits per heavy atom. The molecule has 1 aliphatic rings. The molecular weight excluding hydrogens is 310 g/mol. The van der Waals surface area contributed by atoms with Crippen LogP contribution in [0.5, 0.6) is 0 Å². The van der Waals surface area contributed by atoms with E-state index in [2.05, 4.69) is 48.6 Å². The van der Waals surface area contributed by atoms with Gasteiger partial charge in [0.05, 0.1) is 12.3 Å². The smallest absolute Gasteiger partial charge is 0.162 e. The van der Waals surface area contributed by atoms with E-state index in [4.69, 9.17) is 9.97 Å². The topological polar surface area (TPSA) is 58.0 Å². The second-order valence-electron chi connectivity index (χ2n) is 6.40. The summed E-state index contributed by atoms with van der Waals surface area (Å²) >= 11 is 0. The molecule has 4 heteroatoms. The van der Waals surface area contributed by atoms with E-state index >= 15 is 0 Å². The minimum atomic E-state index is 0.0785. The monoisotopic (exact) mass is 331 g/mol. The van der Waals surface area contributed by atoms with Gasteiger partial charge in [-0.25, -0.2) is 9.97 Å². The summed E-state index contributed by atoms with van der Waals surface area (Å²) in [7, 11) is 0. The summed E-state index contributed by atoms with van der Waals surface area (Å²) in [4.78, 5) is 9.70. The molecule has 0 atom stereocenters. The molecule has 0 amide bonds. The van der Waals surface area contributed by atoms with Gasteiger partial charge in [0.1, 0.15) is 5.82 Å². The number of aliphatic hydroxyl groups is 1. The third kappa shape index (κ3) is 3.01. The lowest BCUT2D eigenvalue weighted by Gasteiger charge is -2.22. The lowest BCUT2D eigenvalue weighted by molar-refractivity contribution is 0.311. The molecule has 0 unspecified atom stereocenters. The van der Waals surface area contributed by atoms with Gasteiger partial charge in [0.25, 0.3) is 0 Å². The number of hydrogen-bond donors (Lipinski definition) is 2. The third-order valence-electron chi connectivity index (χ3n) is 4.60. The van der Waals surface area contributed by atoms with E-state index in [1.54, 1.807) is 0 Å². The molecule has 0 saturated heterocycles. The number of nitrogens with one attached hydrogen (secondary N) is 1. The average Bonchev–Trinajstić information content (AvgIpc) is 2.65. The van der Waals surface area contributed by atoms with Crippen molar-refractivity contribution in [3.63, 3.8) is 0 Å². The average molecular weight is 331 g/mol.